The molecule has 0 spiro atoms. The van der Waals surface area contributed by atoms with E-state index in [1.54, 1.807) is 0 Å². The van der Waals surface area contributed by atoms with E-state index in [0.717, 1.165) is 18.4 Å². The first-order valence-corrected chi connectivity index (χ1v) is 8.27. The second kappa shape index (κ2) is 9.05. The number of amides is 1. The number of carbonyl (C=O) groups excluding carboxylic acids is 3. The Kier molecular flexibility index (Phi) is 6.78. The monoisotopic (exact) mass is 333 g/mol. The molecule has 1 aromatic carbocycles. The third kappa shape index (κ3) is 5.08. The molecule has 0 radical (unpaired) electrons. The molecule has 1 saturated heterocycles. The molecule has 1 amide bonds. The van der Waals surface area contributed by atoms with Gasteiger partial charge in [0.15, 0.2) is 6.73 Å². The molecule has 0 N–H and O–H groups in total. The molecule has 2 rings (SSSR count). The van der Waals surface area contributed by atoms with Crippen LogP contribution in [0.5, 0.6) is 0 Å². The summed E-state index contributed by atoms with van der Waals surface area (Å²) in [7, 11) is 0. The van der Waals surface area contributed by atoms with Gasteiger partial charge in [0.1, 0.15) is 18.4 Å². The predicted octanol–water partition coefficient (Wildman–Crippen LogP) is 3.05. The fourth-order valence-electron chi connectivity index (χ4n) is 2.50. The molecule has 1 aliphatic heterocycles. The average molecular weight is 333 g/mol. The summed E-state index contributed by atoms with van der Waals surface area (Å²) in [5, 5.41) is 0. The maximum absolute atomic E-state index is 12.2. The Balaban J connectivity index is 1.84. The van der Waals surface area contributed by atoms with Crippen LogP contribution in [0.15, 0.2) is 30.3 Å². The number of ether oxygens (including phenoxy) is 2. The van der Waals surface area contributed by atoms with Crippen LogP contribution in [-0.2, 0) is 25.7 Å². The van der Waals surface area contributed by atoms with Crippen LogP contribution >= 0.6 is 0 Å². The summed E-state index contributed by atoms with van der Waals surface area (Å²) in [5.74, 6) is -0.371. The predicted molar refractivity (Wildman–Crippen MR) is 87.0 cm³/mol. The van der Waals surface area contributed by atoms with E-state index in [1.165, 1.54) is 4.90 Å². The Bertz CT molecular complexity index is 572. The number of unbranched alkanes of at least 4 members (excludes halogenated alkanes) is 1. The molecule has 1 fully saturated rings. The first-order chi connectivity index (χ1) is 11.6. The van der Waals surface area contributed by atoms with E-state index in [4.69, 9.17) is 9.47 Å². The highest BCUT2D eigenvalue weighted by molar-refractivity contribution is 5.85. The van der Waals surface area contributed by atoms with Crippen LogP contribution in [0.3, 0.4) is 0 Å². The fraction of sp³-hybridized carbons (Fsp3) is 0.500. The Labute approximate surface area is 141 Å². The lowest BCUT2D eigenvalue weighted by Gasteiger charge is -2.19. The lowest BCUT2D eigenvalue weighted by molar-refractivity contribution is -0.139. The van der Waals surface area contributed by atoms with Crippen LogP contribution in [0, 0.1) is 0 Å². The van der Waals surface area contributed by atoms with E-state index in [1.807, 2.05) is 37.3 Å². The number of hydrogen-bond acceptors (Lipinski definition) is 5. The molecule has 0 unspecified atom stereocenters. The molecule has 130 valence electrons. The van der Waals surface area contributed by atoms with Crippen LogP contribution in [0.25, 0.3) is 0 Å². The van der Waals surface area contributed by atoms with Crippen molar-refractivity contribution in [1.29, 1.82) is 0 Å². The first-order valence-electron chi connectivity index (χ1n) is 8.27. The molecule has 6 nitrogen and oxygen atoms in total. The van der Waals surface area contributed by atoms with Gasteiger partial charge in [-0.1, -0.05) is 43.7 Å². The SMILES string of the molecule is CCCCC(=O)CC[C@H]1C(=O)OCN1C(=O)OCc1ccccc1. The summed E-state index contributed by atoms with van der Waals surface area (Å²) >= 11 is 0. The zero-order valence-electron chi connectivity index (χ0n) is 13.9. The Morgan fingerprint density at radius 3 is 2.71 bits per heavy atom. The number of carbonyl (C=O) groups is 3. The van der Waals surface area contributed by atoms with Crippen molar-refractivity contribution in [2.75, 3.05) is 6.73 Å². The second-order valence-corrected chi connectivity index (χ2v) is 5.80. The van der Waals surface area contributed by atoms with Crippen LogP contribution in [0.4, 0.5) is 4.79 Å². The van der Waals surface area contributed by atoms with Crippen molar-refractivity contribution in [2.24, 2.45) is 0 Å². The molecule has 0 aromatic heterocycles. The topological polar surface area (TPSA) is 72.9 Å². The van der Waals surface area contributed by atoms with Gasteiger partial charge in [-0.3, -0.25) is 9.69 Å². The summed E-state index contributed by atoms with van der Waals surface area (Å²) < 4.78 is 10.2. The van der Waals surface area contributed by atoms with Gasteiger partial charge >= 0.3 is 12.1 Å². The van der Waals surface area contributed by atoms with E-state index < -0.39 is 18.1 Å². The van der Waals surface area contributed by atoms with Crippen LogP contribution in [0.2, 0.25) is 0 Å². The average Bonchev–Trinajstić information content (AvgIpc) is 2.97. The third-order valence-electron chi connectivity index (χ3n) is 3.94. The van der Waals surface area contributed by atoms with Crippen LogP contribution < -0.4 is 0 Å². The minimum atomic E-state index is -0.737. The van der Waals surface area contributed by atoms with Crippen molar-refractivity contribution in [2.45, 2.75) is 51.7 Å². The van der Waals surface area contributed by atoms with Crippen molar-refractivity contribution in [1.82, 2.24) is 4.90 Å². The van der Waals surface area contributed by atoms with Gasteiger partial charge in [-0.05, 0) is 18.4 Å². The Hall–Kier alpha value is -2.37. The van der Waals surface area contributed by atoms with Crippen LogP contribution in [-0.4, -0.2) is 35.5 Å². The molecule has 1 heterocycles. The Morgan fingerprint density at radius 1 is 1.25 bits per heavy atom. The van der Waals surface area contributed by atoms with Crippen molar-refractivity contribution >= 4 is 17.8 Å². The minimum Gasteiger partial charge on any atom is -0.444 e. The maximum Gasteiger partial charge on any atom is 0.413 e. The molecule has 0 bridgehead atoms. The zero-order valence-corrected chi connectivity index (χ0v) is 13.9. The standard InChI is InChI=1S/C18H23NO5/c1-2-3-9-15(20)10-11-16-17(21)24-13-19(16)18(22)23-12-14-7-5-4-6-8-14/h4-8,16H,2-3,9-13H2,1H3/t16-/m0/s1. The molecule has 24 heavy (non-hydrogen) atoms. The Morgan fingerprint density at radius 2 is 2.00 bits per heavy atom. The van der Waals surface area contributed by atoms with Gasteiger partial charge in [-0.25, -0.2) is 9.59 Å². The lowest BCUT2D eigenvalue weighted by atomic mass is 10.1. The summed E-state index contributed by atoms with van der Waals surface area (Å²) in [5.41, 5.74) is 0.864. The van der Waals surface area contributed by atoms with Crippen LogP contribution in [0.1, 0.15) is 44.6 Å². The van der Waals surface area contributed by atoms with Crippen molar-refractivity contribution in [3.8, 4) is 0 Å². The largest absolute Gasteiger partial charge is 0.444 e. The van der Waals surface area contributed by atoms with Crippen molar-refractivity contribution < 1.29 is 23.9 Å². The summed E-state index contributed by atoms with van der Waals surface area (Å²) in [4.78, 5) is 37.0. The van der Waals surface area contributed by atoms with E-state index in [9.17, 15) is 14.4 Å². The number of esters is 1. The molecular formula is C18H23NO5. The molecule has 0 saturated carbocycles. The van der Waals surface area contributed by atoms with Gasteiger partial charge in [-0.2, -0.15) is 0 Å². The second-order valence-electron chi connectivity index (χ2n) is 5.80. The number of cyclic esters (lactones) is 1. The number of benzene rings is 1. The first kappa shape index (κ1) is 18.0. The normalized spacial score (nSPS) is 16.8. The van der Waals surface area contributed by atoms with E-state index >= 15 is 0 Å². The summed E-state index contributed by atoms with van der Waals surface area (Å²) in [6.45, 7) is 2.03. The van der Waals surface area contributed by atoms with Gasteiger partial charge < -0.3 is 9.47 Å². The number of Topliss-reactive ketones (excluding diaryl/α,β-unsaturated/α-hetero) is 1. The van der Waals surface area contributed by atoms with Gasteiger partial charge in [0, 0.05) is 12.8 Å². The summed E-state index contributed by atoms with van der Waals surface area (Å²) in [6, 6.07) is 8.56. The number of nitrogens with zero attached hydrogens (tertiary/aromatic N) is 1. The van der Waals surface area contributed by atoms with E-state index in [0.29, 0.717) is 6.42 Å². The molecular weight excluding hydrogens is 310 g/mol. The van der Waals surface area contributed by atoms with Crippen molar-refractivity contribution in [3.63, 3.8) is 0 Å². The maximum atomic E-state index is 12.2. The number of hydrogen-bond donors (Lipinski definition) is 0. The smallest absolute Gasteiger partial charge is 0.413 e. The zero-order chi connectivity index (χ0) is 17.4. The highest BCUT2D eigenvalue weighted by Gasteiger charge is 2.38. The molecule has 1 aliphatic rings. The highest BCUT2D eigenvalue weighted by Crippen LogP contribution is 2.19. The minimum absolute atomic E-state index is 0.106. The number of ketones is 1. The fourth-order valence-corrected chi connectivity index (χ4v) is 2.50. The quantitative estimate of drug-likeness (QED) is 0.684. The van der Waals surface area contributed by atoms with E-state index in [-0.39, 0.29) is 32.0 Å². The molecule has 1 aromatic rings. The molecule has 6 heteroatoms. The lowest BCUT2D eigenvalue weighted by Crippen LogP contribution is -2.38. The summed E-state index contributed by atoms with van der Waals surface area (Å²) in [6.07, 6.45) is 2.25. The van der Waals surface area contributed by atoms with Gasteiger partial charge in [-0.15, -0.1) is 0 Å². The van der Waals surface area contributed by atoms with Gasteiger partial charge in [0.05, 0.1) is 0 Å². The highest BCUT2D eigenvalue weighted by atomic mass is 16.6. The molecule has 1 atom stereocenters. The van der Waals surface area contributed by atoms with Gasteiger partial charge in [0.2, 0.25) is 0 Å². The third-order valence-corrected chi connectivity index (χ3v) is 3.94. The number of rotatable bonds is 8. The van der Waals surface area contributed by atoms with Gasteiger partial charge in [0.25, 0.3) is 0 Å². The van der Waals surface area contributed by atoms with Crippen molar-refractivity contribution in [3.05, 3.63) is 35.9 Å². The van der Waals surface area contributed by atoms with E-state index in [2.05, 4.69) is 0 Å². The molecule has 0 aliphatic carbocycles.